The molecule has 5 heteroatoms. The molecule has 5 nitrogen and oxygen atoms in total. The van der Waals surface area contributed by atoms with E-state index in [4.69, 9.17) is 13.9 Å². The fraction of sp³-hybridized carbons (Fsp3) is 0.318. The molecule has 0 aliphatic carbocycles. The number of carbonyl (C=O) groups excluding carboxylic acids is 1. The molecule has 0 saturated heterocycles. The Hall–Kier alpha value is -2.95. The number of furan rings is 1. The standard InChI is InChI=1S/C22H25NO4/c1-14-5-7-18-17(13-27-22(18)15(14)2)12-21(24)23-10-9-16-6-8-19(25-3)20(11-16)26-4/h5-8,11,13H,9-10,12H2,1-4H3,(H,23,24). The third-order valence-electron chi connectivity index (χ3n) is 4.88. The van der Waals surface area contributed by atoms with Crippen LogP contribution in [0.5, 0.6) is 11.5 Å². The number of rotatable bonds is 7. The maximum Gasteiger partial charge on any atom is 0.224 e. The summed E-state index contributed by atoms with van der Waals surface area (Å²) in [4.78, 5) is 12.3. The minimum atomic E-state index is -0.0172. The van der Waals surface area contributed by atoms with Crippen LogP contribution in [0.3, 0.4) is 0 Å². The van der Waals surface area contributed by atoms with E-state index < -0.39 is 0 Å². The van der Waals surface area contributed by atoms with Crippen LogP contribution in [-0.2, 0) is 17.6 Å². The lowest BCUT2D eigenvalue weighted by molar-refractivity contribution is -0.120. The summed E-state index contributed by atoms with van der Waals surface area (Å²) in [7, 11) is 3.22. The quantitative estimate of drug-likeness (QED) is 0.686. The zero-order chi connectivity index (χ0) is 19.4. The number of fused-ring (bicyclic) bond motifs is 1. The molecule has 1 amide bonds. The van der Waals surface area contributed by atoms with E-state index in [0.29, 0.717) is 24.5 Å². The molecule has 1 N–H and O–H groups in total. The minimum absolute atomic E-state index is 0.0172. The molecule has 3 aromatic rings. The normalized spacial score (nSPS) is 10.8. The van der Waals surface area contributed by atoms with Crippen molar-refractivity contribution in [3.63, 3.8) is 0 Å². The SMILES string of the molecule is COc1ccc(CCNC(=O)Cc2coc3c(C)c(C)ccc23)cc1OC. The average Bonchev–Trinajstić information content (AvgIpc) is 3.07. The van der Waals surface area contributed by atoms with Crippen LogP contribution >= 0.6 is 0 Å². The fourth-order valence-corrected chi connectivity index (χ4v) is 3.14. The van der Waals surface area contributed by atoms with Crippen LogP contribution in [-0.4, -0.2) is 26.7 Å². The number of nitrogens with one attached hydrogen (secondary N) is 1. The summed E-state index contributed by atoms with van der Waals surface area (Å²) >= 11 is 0. The van der Waals surface area contributed by atoms with Crippen LogP contribution in [0.1, 0.15) is 22.3 Å². The van der Waals surface area contributed by atoms with Crippen molar-refractivity contribution >= 4 is 16.9 Å². The summed E-state index contributed by atoms with van der Waals surface area (Å²) < 4.78 is 16.2. The Morgan fingerprint density at radius 3 is 2.59 bits per heavy atom. The number of aryl methyl sites for hydroxylation is 2. The largest absolute Gasteiger partial charge is 0.493 e. The van der Waals surface area contributed by atoms with Crippen molar-refractivity contribution in [2.75, 3.05) is 20.8 Å². The van der Waals surface area contributed by atoms with Crippen LogP contribution in [0.4, 0.5) is 0 Å². The van der Waals surface area contributed by atoms with Crippen LogP contribution in [0.25, 0.3) is 11.0 Å². The highest BCUT2D eigenvalue weighted by atomic mass is 16.5. The van der Waals surface area contributed by atoms with Gasteiger partial charge in [0.15, 0.2) is 11.5 Å². The van der Waals surface area contributed by atoms with E-state index in [-0.39, 0.29) is 5.91 Å². The van der Waals surface area contributed by atoms with Crippen molar-refractivity contribution in [2.45, 2.75) is 26.7 Å². The average molecular weight is 367 g/mol. The lowest BCUT2D eigenvalue weighted by atomic mass is 10.0. The Kier molecular flexibility index (Phi) is 5.69. The number of methoxy groups -OCH3 is 2. The highest BCUT2D eigenvalue weighted by Gasteiger charge is 2.13. The lowest BCUT2D eigenvalue weighted by Gasteiger charge is -2.10. The van der Waals surface area contributed by atoms with Crippen LogP contribution in [0, 0.1) is 13.8 Å². The first-order valence-corrected chi connectivity index (χ1v) is 8.97. The van der Waals surface area contributed by atoms with E-state index in [9.17, 15) is 4.79 Å². The molecule has 142 valence electrons. The van der Waals surface area contributed by atoms with Gasteiger partial charge in [0, 0.05) is 17.5 Å². The minimum Gasteiger partial charge on any atom is -0.493 e. The molecule has 0 atom stereocenters. The maximum atomic E-state index is 12.3. The molecule has 0 saturated carbocycles. The van der Waals surface area contributed by atoms with Crippen LogP contribution in [0.2, 0.25) is 0 Å². The van der Waals surface area contributed by atoms with Gasteiger partial charge in [-0.05, 0) is 49.1 Å². The fourth-order valence-electron chi connectivity index (χ4n) is 3.14. The summed E-state index contributed by atoms with van der Waals surface area (Å²) in [5.74, 6) is 1.37. The summed E-state index contributed by atoms with van der Waals surface area (Å²) in [6, 6.07) is 9.86. The summed E-state index contributed by atoms with van der Waals surface area (Å²) in [6.45, 7) is 4.65. The van der Waals surface area contributed by atoms with Gasteiger partial charge in [0.1, 0.15) is 5.58 Å². The van der Waals surface area contributed by atoms with E-state index in [2.05, 4.69) is 18.3 Å². The molecule has 0 aliphatic heterocycles. The smallest absolute Gasteiger partial charge is 0.224 e. The highest BCUT2D eigenvalue weighted by molar-refractivity contribution is 5.89. The van der Waals surface area contributed by atoms with Crippen LogP contribution < -0.4 is 14.8 Å². The number of amides is 1. The molecule has 0 spiro atoms. The predicted molar refractivity (Wildman–Crippen MR) is 106 cm³/mol. The van der Waals surface area contributed by atoms with Crippen molar-refractivity contribution < 1.29 is 18.7 Å². The molecule has 3 rings (SSSR count). The van der Waals surface area contributed by atoms with Gasteiger partial charge in [-0.2, -0.15) is 0 Å². The molecule has 0 radical (unpaired) electrons. The van der Waals surface area contributed by atoms with Gasteiger partial charge >= 0.3 is 0 Å². The molecule has 0 bridgehead atoms. The predicted octanol–water partition coefficient (Wildman–Crippen LogP) is 3.97. The van der Waals surface area contributed by atoms with E-state index >= 15 is 0 Å². The Morgan fingerprint density at radius 1 is 1.07 bits per heavy atom. The van der Waals surface area contributed by atoms with Gasteiger partial charge in [0.2, 0.25) is 5.91 Å². The number of hydrogen-bond donors (Lipinski definition) is 1. The number of ether oxygens (including phenoxy) is 2. The zero-order valence-corrected chi connectivity index (χ0v) is 16.2. The van der Waals surface area contributed by atoms with Gasteiger partial charge in [-0.15, -0.1) is 0 Å². The van der Waals surface area contributed by atoms with Crippen LogP contribution in [0.15, 0.2) is 41.0 Å². The summed E-state index contributed by atoms with van der Waals surface area (Å²) in [6.07, 6.45) is 2.71. The Morgan fingerprint density at radius 2 is 1.85 bits per heavy atom. The van der Waals surface area contributed by atoms with E-state index in [1.165, 1.54) is 5.56 Å². The van der Waals surface area contributed by atoms with Gasteiger partial charge in [-0.3, -0.25) is 4.79 Å². The Balaban J connectivity index is 1.58. The first-order chi connectivity index (χ1) is 13.0. The maximum absolute atomic E-state index is 12.3. The van der Waals surface area contributed by atoms with Gasteiger partial charge in [-0.25, -0.2) is 0 Å². The molecule has 27 heavy (non-hydrogen) atoms. The van der Waals surface area contributed by atoms with E-state index in [1.54, 1.807) is 20.5 Å². The molecule has 0 unspecified atom stereocenters. The number of carbonyl (C=O) groups is 1. The third kappa shape index (κ3) is 4.08. The second kappa shape index (κ2) is 8.16. The van der Waals surface area contributed by atoms with Crippen molar-refractivity contribution in [1.29, 1.82) is 0 Å². The van der Waals surface area contributed by atoms with E-state index in [0.717, 1.165) is 34.1 Å². The first-order valence-electron chi connectivity index (χ1n) is 8.97. The molecule has 0 fully saturated rings. The van der Waals surface area contributed by atoms with Crippen molar-refractivity contribution in [3.8, 4) is 11.5 Å². The van der Waals surface area contributed by atoms with Gasteiger partial charge in [0.05, 0.1) is 26.9 Å². The molecule has 1 heterocycles. The van der Waals surface area contributed by atoms with E-state index in [1.807, 2.05) is 31.2 Å². The molecular formula is C22H25NO4. The molecular weight excluding hydrogens is 342 g/mol. The van der Waals surface area contributed by atoms with Gasteiger partial charge in [-0.1, -0.05) is 18.2 Å². The highest BCUT2D eigenvalue weighted by Crippen LogP contribution is 2.28. The molecule has 0 aliphatic rings. The Labute approximate surface area is 159 Å². The number of hydrogen-bond acceptors (Lipinski definition) is 4. The lowest BCUT2D eigenvalue weighted by Crippen LogP contribution is -2.27. The molecule has 1 aromatic heterocycles. The topological polar surface area (TPSA) is 60.7 Å². The Bertz CT molecular complexity index is 958. The second-order valence-electron chi connectivity index (χ2n) is 6.61. The van der Waals surface area contributed by atoms with Crippen molar-refractivity contribution in [1.82, 2.24) is 5.32 Å². The number of benzene rings is 2. The van der Waals surface area contributed by atoms with Crippen molar-refractivity contribution in [3.05, 3.63) is 58.8 Å². The molecule has 2 aromatic carbocycles. The summed E-state index contributed by atoms with van der Waals surface area (Å²) in [5.41, 5.74) is 5.16. The monoisotopic (exact) mass is 367 g/mol. The first kappa shape index (κ1) is 18.8. The van der Waals surface area contributed by atoms with Gasteiger partial charge in [0.25, 0.3) is 0 Å². The van der Waals surface area contributed by atoms with Crippen molar-refractivity contribution in [2.24, 2.45) is 0 Å². The third-order valence-corrected chi connectivity index (χ3v) is 4.88. The van der Waals surface area contributed by atoms with Gasteiger partial charge < -0.3 is 19.2 Å². The second-order valence-corrected chi connectivity index (χ2v) is 6.61. The zero-order valence-electron chi connectivity index (χ0n) is 16.2. The summed E-state index contributed by atoms with van der Waals surface area (Å²) in [5, 5.41) is 3.98.